The van der Waals surface area contributed by atoms with Crippen molar-refractivity contribution < 1.29 is 19.3 Å². The molecule has 3 rings (SSSR count). The normalized spacial score (nSPS) is 16.5. The van der Waals surface area contributed by atoms with Crippen LogP contribution in [0.25, 0.3) is 0 Å². The summed E-state index contributed by atoms with van der Waals surface area (Å²) in [5.41, 5.74) is 2.34. The van der Waals surface area contributed by atoms with E-state index < -0.39 is 6.10 Å². The maximum Gasteiger partial charge on any atom is 0.161 e. The zero-order valence-corrected chi connectivity index (χ0v) is 17.4. The SMILES string of the molecule is COc1ccc(COC[C@@H](O)CN2CCN(Cc3ccccc3)CC2)cc1OC. The minimum absolute atomic E-state index is 0.318. The molecule has 1 aliphatic heterocycles. The molecule has 1 heterocycles. The zero-order valence-electron chi connectivity index (χ0n) is 17.4. The molecule has 0 amide bonds. The van der Waals surface area contributed by atoms with E-state index in [1.54, 1.807) is 14.2 Å². The number of rotatable bonds is 10. The van der Waals surface area contributed by atoms with E-state index in [9.17, 15) is 5.11 Å². The monoisotopic (exact) mass is 400 g/mol. The van der Waals surface area contributed by atoms with Crippen LogP contribution < -0.4 is 9.47 Å². The van der Waals surface area contributed by atoms with Gasteiger partial charge in [-0.05, 0) is 23.3 Å². The Morgan fingerprint density at radius 1 is 0.862 bits per heavy atom. The lowest BCUT2D eigenvalue weighted by Gasteiger charge is -2.35. The molecule has 6 heteroatoms. The standard InChI is InChI=1S/C23H32N2O4/c1-27-22-9-8-20(14-23(22)28-2)17-29-18-21(26)16-25-12-10-24(11-13-25)15-19-6-4-3-5-7-19/h3-9,14,21,26H,10-13,15-18H2,1-2H3/t21-/m0/s1. The first-order valence-corrected chi connectivity index (χ1v) is 10.1. The summed E-state index contributed by atoms with van der Waals surface area (Å²) in [5, 5.41) is 10.3. The van der Waals surface area contributed by atoms with Crippen molar-refractivity contribution in [2.45, 2.75) is 19.3 Å². The summed E-state index contributed by atoms with van der Waals surface area (Å²) in [4.78, 5) is 4.78. The topological polar surface area (TPSA) is 54.4 Å². The highest BCUT2D eigenvalue weighted by molar-refractivity contribution is 5.42. The molecule has 1 N–H and O–H groups in total. The Labute approximate surface area is 173 Å². The van der Waals surface area contributed by atoms with Crippen molar-refractivity contribution in [3.63, 3.8) is 0 Å². The Bertz CT molecular complexity index is 733. The number of benzene rings is 2. The molecular formula is C23H32N2O4. The van der Waals surface area contributed by atoms with Gasteiger partial charge in [0.25, 0.3) is 0 Å². The van der Waals surface area contributed by atoms with Crippen molar-refractivity contribution >= 4 is 0 Å². The average molecular weight is 401 g/mol. The van der Waals surface area contributed by atoms with Crippen LogP contribution in [0.2, 0.25) is 0 Å². The fourth-order valence-electron chi connectivity index (χ4n) is 3.61. The van der Waals surface area contributed by atoms with E-state index >= 15 is 0 Å². The predicted octanol–water partition coefficient (Wildman–Crippen LogP) is 2.40. The fourth-order valence-corrected chi connectivity index (χ4v) is 3.61. The van der Waals surface area contributed by atoms with Gasteiger partial charge < -0.3 is 19.3 Å². The summed E-state index contributed by atoms with van der Waals surface area (Å²) in [5.74, 6) is 1.38. The maximum atomic E-state index is 10.3. The Morgan fingerprint density at radius 2 is 1.55 bits per heavy atom. The number of hydrogen-bond acceptors (Lipinski definition) is 6. The third-order valence-corrected chi connectivity index (χ3v) is 5.21. The lowest BCUT2D eigenvalue weighted by atomic mass is 10.2. The van der Waals surface area contributed by atoms with Crippen LogP contribution >= 0.6 is 0 Å². The number of hydrogen-bond donors (Lipinski definition) is 1. The van der Waals surface area contributed by atoms with Gasteiger partial charge in [0.2, 0.25) is 0 Å². The molecule has 1 atom stereocenters. The summed E-state index contributed by atoms with van der Waals surface area (Å²) >= 11 is 0. The van der Waals surface area contributed by atoms with Crippen LogP contribution in [0.5, 0.6) is 11.5 Å². The lowest BCUT2D eigenvalue weighted by Crippen LogP contribution is -2.48. The summed E-state index contributed by atoms with van der Waals surface area (Å²) in [6.45, 7) is 6.37. The number of β-amino-alcohol motifs (C(OH)–C–C–N with tert-alkyl or cyclic N) is 1. The first kappa shape index (κ1) is 21.6. The molecule has 1 fully saturated rings. The van der Waals surface area contributed by atoms with Gasteiger partial charge >= 0.3 is 0 Å². The van der Waals surface area contributed by atoms with Gasteiger partial charge in [-0.25, -0.2) is 0 Å². The van der Waals surface area contributed by atoms with Gasteiger partial charge in [0.1, 0.15) is 0 Å². The van der Waals surface area contributed by atoms with E-state index in [-0.39, 0.29) is 0 Å². The third-order valence-electron chi connectivity index (χ3n) is 5.21. The second-order valence-electron chi connectivity index (χ2n) is 7.42. The van der Waals surface area contributed by atoms with Crippen molar-refractivity contribution in [1.82, 2.24) is 9.80 Å². The lowest BCUT2D eigenvalue weighted by molar-refractivity contribution is 0.000840. The minimum Gasteiger partial charge on any atom is -0.493 e. The summed E-state index contributed by atoms with van der Waals surface area (Å²) < 4.78 is 16.3. The van der Waals surface area contributed by atoms with Crippen LogP contribution in [0.15, 0.2) is 48.5 Å². The van der Waals surface area contributed by atoms with Crippen molar-refractivity contribution in [3.05, 3.63) is 59.7 Å². The van der Waals surface area contributed by atoms with Crippen LogP contribution in [-0.4, -0.2) is 74.6 Å². The van der Waals surface area contributed by atoms with Gasteiger partial charge in [-0.3, -0.25) is 9.80 Å². The van der Waals surface area contributed by atoms with Gasteiger partial charge in [0.15, 0.2) is 11.5 Å². The van der Waals surface area contributed by atoms with E-state index in [0.717, 1.165) is 38.3 Å². The molecule has 0 unspecified atom stereocenters. The van der Waals surface area contributed by atoms with E-state index in [1.807, 2.05) is 18.2 Å². The fraction of sp³-hybridized carbons (Fsp3) is 0.478. The first-order chi connectivity index (χ1) is 14.2. The number of aliphatic hydroxyl groups is 1. The van der Waals surface area contributed by atoms with Gasteiger partial charge in [-0.2, -0.15) is 0 Å². The minimum atomic E-state index is -0.490. The third kappa shape index (κ3) is 6.72. The van der Waals surface area contributed by atoms with E-state index in [0.29, 0.717) is 31.3 Å². The second kappa shape index (κ2) is 11.2. The molecule has 0 spiro atoms. The summed E-state index contributed by atoms with van der Waals surface area (Å²) in [6, 6.07) is 16.3. The highest BCUT2D eigenvalue weighted by atomic mass is 16.5. The molecule has 158 valence electrons. The molecule has 0 aromatic heterocycles. The molecular weight excluding hydrogens is 368 g/mol. The number of ether oxygens (including phenoxy) is 3. The Hall–Kier alpha value is -2.12. The largest absolute Gasteiger partial charge is 0.493 e. The van der Waals surface area contributed by atoms with Crippen LogP contribution in [-0.2, 0) is 17.9 Å². The highest BCUT2D eigenvalue weighted by Crippen LogP contribution is 2.27. The van der Waals surface area contributed by atoms with Gasteiger partial charge in [0, 0.05) is 39.3 Å². The molecule has 29 heavy (non-hydrogen) atoms. The average Bonchev–Trinajstić information content (AvgIpc) is 2.75. The Morgan fingerprint density at radius 3 is 2.24 bits per heavy atom. The van der Waals surface area contributed by atoms with Crippen LogP contribution in [0.4, 0.5) is 0 Å². The quantitative estimate of drug-likeness (QED) is 0.661. The predicted molar refractivity (Wildman–Crippen MR) is 113 cm³/mol. The molecule has 0 bridgehead atoms. The smallest absolute Gasteiger partial charge is 0.161 e. The van der Waals surface area contributed by atoms with Crippen molar-refractivity contribution in [2.24, 2.45) is 0 Å². The second-order valence-corrected chi connectivity index (χ2v) is 7.42. The van der Waals surface area contributed by atoms with Gasteiger partial charge in [-0.15, -0.1) is 0 Å². The highest BCUT2D eigenvalue weighted by Gasteiger charge is 2.19. The summed E-state index contributed by atoms with van der Waals surface area (Å²) in [7, 11) is 3.23. The van der Waals surface area contributed by atoms with Crippen molar-refractivity contribution in [1.29, 1.82) is 0 Å². The number of nitrogens with zero attached hydrogens (tertiary/aromatic N) is 2. The van der Waals surface area contributed by atoms with E-state index in [4.69, 9.17) is 14.2 Å². The molecule has 2 aromatic rings. The molecule has 6 nitrogen and oxygen atoms in total. The number of piperazine rings is 1. The number of methoxy groups -OCH3 is 2. The molecule has 0 aliphatic carbocycles. The van der Waals surface area contributed by atoms with Crippen LogP contribution in [0, 0.1) is 0 Å². The molecule has 1 aliphatic rings. The Balaban J connectivity index is 1.34. The van der Waals surface area contributed by atoms with Crippen LogP contribution in [0.1, 0.15) is 11.1 Å². The van der Waals surface area contributed by atoms with E-state index in [1.165, 1.54) is 5.56 Å². The maximum absolute atomic E-state index is 10.3. The zero-order chi connectivity index (χ0) is 20.5. The number of aliphatic hydroxyl groups excluding tert-OH is 1. The molecule has 2 aromatic carbocycles. The van der Waals surface area contributed by atoms with Gasteiger partial charge in [0.05, 0.1) is 33.5 Å². The van der Waals surface area contributed by atoms with Crippen LogP contribution in [0.3, 0.4) is 0 Å². The molecule has 1 saturated heterocycles. The van der Waals surface area contributed by atoms with Gasteiger partial charge in [-0.1, -0.05) is 36.4 Å². The van der Waals surface area contributed by atoms with Crippen molar-refractivity contribution in [3.8, 4) is 11.5 Å². The molecule has 0 radical (unpaired) electrons. The van der Waals surface area contributed by atoms with E-state index in [2.05, 4.69) is 40.1 Å². The van der Waals surface area contributed by atoms with Crippen molar-refractivity contribution in [2.75, 3.05) is 53.6 Å². The molecule has 0 saturated carbocycles. The Kier molecular flexibility index (Phi) is 8.31. The first-order valence-electron chi connectivity index (χ1n) is 10.1. The summed E-state index contributed by atoms with van der Waals surface area (Å²) in [6.07, 6.45) is -0.490.